The summed E-state index contributed by atoms with van der Waals surface area (Å²) in [5.74, 6) is 0. The van der Waals surface area contributed by atoms with E-state index in [-0.39, 0.29) is 5.69 Å². The third-order valence-electron chi connectivity index (χ3n) is 2.08. The number of methoxy groups -OCH3 is 1. The lowest BCUT2D eigenvalue weighted by Crippen LogP contribution is -2.30. The molecular weight excluding hydrogens is 212 g/mol. The number of hydrogen-bond acceptors (Lipinski definition) is 4. The number of nitrogens with zero attached hydrogens (tertiary/aromatic N) is 2. The van der Waals surface area contributed by atoms with Crippen LogP contribution in [0.2, 0.25) is 0 Å². The van der Waals surface area contributed by atoms with Crippen LogP contribution >= 0.6 is 0 Å². The van der Waals surface area contributed by atoms with Gasteiger partial charge in [0.25, 0.3) is 5.69 Å². The van der Waals surface area contributed by atoms with Crippen molar-refractivity contribution in [3.8, 4) is 0 Å². The van der Waals surface area contributed by atoms with Gasteiger partial charge in [0.2, 0.25) is 0 Å². The van der Waals surface area contributed by atoms with Crippen LogP contribution in [0.4, 0.5) is 16.2 Å². The van der Waals surface area contributed by atoms with Gasteiger partial charge in [-0.25, -0.2) is 4.79 Å². The summed E-state index contributed by atoms with van der Waals surface area (Å²) in [5.41, 5.74) is 0.560. The molecule has 1 aromatic rings. The van der Waals surface area contributed by atoms with Gasteiger partial charge in [-0.05, 0) is 19.1 Å². The predicted octanol–water partition coefficient (Wildman–Crippen LogP) is 2.19. The number of nitro groups is 1. The number of hydrogen-bond donors (Lipinski definition) is 0. The van der Waals surface area contributed by atoms with Crippen molar-refractivity contribution in [1.82, 2.24) is 0 Å². The fourth-order valence-corrected chi connectivity index (χ4v) is 1.28. The Morgan fingerprint density at radius 1 is 1.44 bits per heavy atom. The summed E-state index contributed by atoms with van der Waals surface area (Å²) in [5, 5.41) is 10.4. The molecule has 0 spiro atoms. The highest BCUT2D eigenvalue weighted by Gasteiger charge is 2.14. The second-order valence-electron chi connectivity index (χ2n) is 2.99. The Morgan fingerprint density at radius 3 is 2.38 bits per heavy atom. The quantitative estimate of drug-likeness (QED) is 0.582. The molecule has 0 heterocycles. The van der Waals surface area contributed by atoms with E-state index in [4.69, 9.17) is 0 Å². The Kier molecular flexibility index (Phi) is 3.82. The van der Waals surface area contributed by atoms with Crippen molar-refractivity contribution < 1.29 is 14.5 Å². The number of nitro benzene ring substituents is 1. The zero-order valence-corrected chi connectivity index (χ0v) is 9.04. The molecule has 0 radical (unpaired) electrons. The molecule has 0 saturated heterocycles. The molecule has 0 aromatic heterocycles. The highest BCUT2D eigenvalue weighted by molar-refractivity contribution is 5.87. The first-order valence-corrected chi connectivity index (χ1v) is 4.70. The minimum Gasteiger partial charge on any atom is -0.452 e. The molecule has 0 saturated carbocycles. The number of carbonyl (C=O) groups excluding carboxylic acids is 1. The Labute approximate surface area is 92.6 Å². The lowest BCUT2D eigenvalue weighted by molar-refractivity contribution is -0.384. The van der Waals surface area contributed by atoms with E-state index < -0.39 is 11.0 Å². The zero-order valence-electron chi connectivity index (χ0n) is 9.04. The maximum Gasteiger partial charge on any atom is 0.413 e. The van der Waals surface area contributed by atoms with Gasteiger partial charge >= 0.3 is 6.09 Å². The van der Waals surface area contributed by atoms with Gasteiger partial charge in [0.15, 0.2) is 0 Å². The SMILES string of the molecule is CCN(C(=O)OC)c1ccc([N+](=O)[O-])cc1. The van der Waals surface area contributed by atoms with Gasteiger partial charge in [-0.3, -0.25) is 15.0 Å². The number of non-ortho nitro benzene ring substituents is 1. The molecule has 0 aliphatic heterocycles. The lowest BCUT2D eigenvalue weighted by atomic mass is 10.2. The van der Waals surface area contributed by atoms with E-state index >= 15 is 0 Å². The molecule has 6 nitrogen and oxygen atoms in total. The zero-order chi connectivity index (χ0) is 12.1. The van der Waals surface area contributed by atoms with E-state index in [9.17, 15) is 14.9 Å². The summed E-state index contributed by atoms with van der Waals surface area (Å²) in [6.07, 6.45) is -0.489. The number of rotatable bonds is 3. The normalized spacial score (nSPS) is 9.62. The summed E-state index contributed by atoms with van der Waals surface area (Å²) in [7, 11) is 1.29. The molecule has 0 aliphatic carbocycles. The number of amides is 1. The van der Waals surface area contributed by atoms with Gasteiger partial charge in [-0.15, -0.1) is 0 Å². The third kappa shape index (κ3) is 2.47. The second kappa shape index (κ2) is 5.11. The molecule has 0 aliphatic rings. The van der Waals surface area contributed by atoms with Crippen LogP contribution in [0.25, 0.3) is 0 Å². The van der Waals surface area contributed by atoms with Crippen LogP contribution in [-0.2, 0) is 4.74 Å². The number of anilines is 1. The van der Waals surface area contributed by atoms with Crippen LogP contribution < -0.4 is 4.90 Å². The molecule has 0 atom stereocenters. The maximum absolute atomic E-state index is 11.3. The average Bonchev–Trinajstić information content (AvgIpc) is 2.30. The maximum atomic E-state index is 11.3. The summed E-state index contributed by atoms with van der Waals surface area (Å²) < 4.78 is 4.59. The van der Waals surface area contributed by atoms with Crippen LogP contribution in [0, 0.1) is 10.1 Å². The van der Waals surface area contributed by atoms with Gasteiger partial charge < -0.3 is 4.74 Å². The Hall–Kier alpha value is -2.11. The molecule has 1 rings (SSSR count). The van der Waals surface area contributed by atoms with Crippen molar-refractivity contribution in [2.75, 3.05) is 18.6 Å². The van der Waals surface area contributed by atoms with E-state index in [1.165, 1.54) is 36.3 Å². The number of carbonyl (C=O) groups is 1. The topological polar surface area (TPSA) is 72.7 Å². The molecule has 0 unspecified atom stereocenters. The highest BCUT2D eigenvalue weighted by atomic mass is 16.6. The van der Waals surface area contributed by atoms with Crippen LogP contribution in [0.5, 0.6) is 0 Å². The van der Waals surface area contributed by atoms with Crippen molar-refractivity contribution in [2.24, 2.45) is 0 Å². The highest BCUT2D eigenvalue weighted by Crippen LogP contribution is 2.19. The predicted molar refractivity (Wildman–Crippen MR) is 58.5 cm³/mol. The van der Waals surface area contributed by atoms with Crippen molar-refractivity contribution >= 4 is 17.5 Å². The number of benzene rings is 1. The molecule has 86 valence electrons. The van der Waals surface area contributed by atoms with Crippen molar-refractivity contribution in [3.05, 3.63) is 34.4 Å². The third-order valence-corrected chi connectivity index (χ3v) is 2.08. The lowest BCUT2D eigenvalue weighted by Gasteiger charge is -2.18. The smallest absolute Gasteiger partial charge is 0.413 e. The van der Waals surface area contributed by atoms with E-state index in [0.717, 1.165) is 0 Å². The van der Waals surface area contributed by atoms with Gasteiger partial charge in [0.05, 0.1) is 12.0 Å². The van der Waals surface area contributed by atoms with E-state index in [1.807, 2.05) is 0 Å². The van der Waals surface area contributed by atoms with E-state index in [2.05, 4.69) is 4.74 Å². The molecule has 6 heteroatoms. The molecular formula is C10H12N2O4. The van der Waals surface area contributed by atoms with Crippen molar-refractivity contribution in [1.29, 1.82) is 0 Å². The largest absolute Gasteiger partial charge is 0.452 e. The first kappa shape index (κ1) is 12.0. The first-order valence-electron chi connectivity index (χ1n) is 4.70. The van der Waals surface area contributed by atoms with Crippen molar-refractivity contribution in [2.45, 2.75) is 6.92 Å². The average molecular weight is 224 g/mol. The summed E-state index contributed by atoms with van der Waals surface area (Å²) >= 11 is 0. The standard InChI is InChI=1S/C10H12N2O4/c1-3-11(10(13)16-2)8-4-6-9(7-5-8)12(14)15/h4-7H,3H2,1-2H3. The Bertz CT molecular complexity index is 388. The van der Waals surface area contributed by atoms with Crippen LogP contribution in [0.1, 0.15) is 6.92 Å². The van der Waals surface area contributed by atoms with Gasteiger partial charge in [-0.1, -0.05) is 0 Å². The van der Waals surface area contributed by atoms with Crippen molar-refractivity contribution in [3.63, 3.8) is 0 Å². The molecule has 0 fully saturated rings. The van der Waals surface area contributed by atoms with Crippen LogP contribution in [0.15, 0.2) is 24.3 Å². The van der Waals surface area contributed by atoms with Crippen LogP contribution in [-0.4, -0.2) is 24.7 Å². The molecule has 0 bridgehead atoms. The Morgan fingerprint density at radius 2 is 2.00 bits per heavy atom. The minimum absolute atomic E-state index is 0.00957. The summed E-state index contributed by atoms with van der Waals surface area (Å²) in [4.78, 5) is 22.7. The second-order valence-corrected chi connectivity index (χ2v) is 2.99. The fourth-order valence-electron chi connectivity index (χ4n) is 1.28. The Balaban J connectivity index is 2.95. The van der Waals surface area contributed by atoms with Gasteiger partial charge in [-0.2, -0.15) is 0 Å². The fraction of sp³-hybridized carbons (Fsp3) is 0.300. The molecule has 16 heavy (non-hydrogen) atoms. The van der Waals surface area contributed by atoms with Crippen LogP contribution in [0.3, 0.4) is 0 Å². The molecule has 1 amide bonds. The van der Waals surface area contributed by atoms with E-state index in [1.54, 1.807) is 6.92 Å². The summed E-state index contributed by atoms with van der Waals surface area (Å²) in [6, 6.07) is 5.72. The monoisotopic (exact) mass is 224 g/mol. The number of ether oxygens (including phenoxy) is 1. The summed E-state index contributed by atoms with van der Waals surface area (Å²) in [6.45, 7) is 2.23. The van der Waals surface area contributed by atoms with E-state index in [0.29, 0.717) is 12.2 Å². The minimum atomic E-state index is -0.489. The van der Waals surface area contributed by atoms with Gasteiger partial charge in [0.1, 0.15) is 0 Å². The van der Waals surface area contributed by atoms with Gasteiger partial charge in [0, 0.05) is 24.4 Å². The first-order chi connectivity index (χ1) is 7.60. The molecule has 1 aromatic carbocycles. The molecule has 0 N–H and O–H groups in total.